The molecule has 0 bridgehead atoms. The minimum atomic E-state index is -0.732. The highest BCUT2D eigenvalue weighted by Crippen LogP contribution is 2.32. The number of methoxy groups -OCH3 is 2. The number of aliphatic hydroxyl groups is 1. The summed E-state index contributed by atoms with van der Waals surface area (Å²) in [5.41, 5.74) is 0.729. The normalized spacial score (nSPS) is 13.8. The second-order valence-corrected chi connectivity index (χ2v) is 4.94. The lowest BCUT2D eigenvalue weighted by molar-refractivity contribution is -0.142. The van der Waals surface area contributed by atoms with Crippen molar-refractivity contribution in [3.8, 4) is 5.75 Å². The number of halogens is 1. The van der Waals surface area contributed by atoms with Crippen LogP contribution in [0.5, 0.6) is 5.75 Å². The fourth-order valence-corrected chi connectivity index (χ4v) is 2.23. The van der Waals surface area contributed by atoms with Crippen LogP contribution < -0.4 is 4.74 Å². The minimum Gasteiger partial charge on any atom is -0.497 e. The van der Waals surface area contributed by atoms with Crippen molar-refractivity contribution >= 4 is 21.9 Å². The molecule has 0 saturated heterocycles. The average Bonchev–Trinajstić information content (AvgIpc) is 2.37. The summed E-state index contributed by atoms with van der Waals surface area (Å²) in [6.07, 6.45) is -0.555. The summed E-state index contributed by atoms with van der Waals surface area (Å²) in [5, 5.41) is 10.2. The SMILES string of the molecule is COC(=O)CC(C)C(O)c1ccc(OC)cc1Br. The molecule has 100 valence electrons. The van der Waals surface area contributed by atoms with Crippen molar-refractivity contribution in [3.05, 3.63) is 28.2 Å². The van der Waals surface area contributed by atoms with Gasteiger partial charge in [0.1, 0.15) is 5.75 Å². The first-order chi connectivity index (χ1) is 8.49. The number of ether oxygens (including phenoxy) is 2. The quantitative estimate of drug-likeness (QED) is 0.849. The van der Waals surface area contributed by atoms with Gasteiger partial charge < -0.3 is 14.6 Å². The second-order valence-electron chi connectivity index (χ2n) is 4.09. The summed E-state index contributed by atoms with van der Waals surface area (Å²) < 4.78 is 10.4. The summed E-state index contributed by atoms with van der Waals surface area (Å²) in [6.45, 7) is 1.80. The van der Waals surface area contributed by atoms with Crippen molar-refractivity contribution in [1.82, 2.24) is 0 Å². The summed E-state index contributed by atoms with van der Waals surface area (Å²) in [7, 11) is 2.92. The van der Waals surface area contributed by atoms with Crippen molar-refractivity contribution in [2.24, 2.45) is 5.92 Å². The molecule has 0 aliphatic heterocycles. The van der Waals surface area contributed by atoms with Gasteiger partial charge in [-0.1, -0.05) is 28.9 Å². The molecule has 2 atom stereocenters. The van der Waals surface area contributed by atoms with Crippen molar-refractivity contribution in [2.75, 3.05) is 14.2 Å². The third kappa shape index (κ3) is 3.71. The number of rotatable bonds is 5. The van der Waals surface area contributed by atoms with E-state index in [2.05, 4.69) is 20.7 Å². The van der Waals surface area contributed by atoms with Crippen LogP contribution in [0.1, 0.15) is 25.0 Å². The van der Waals surface area contributed by atoms with Crippen LogP contribution in [0.15, 0.2) is 22.7 Å². The highest BCUT2D eigenvalue weighted by molar-refractivity contribution is 9.10. The number of carbonyl (C=O) groups excluding carboxylic acids is 1. The first-order valence-electron chi connectivity index (χ1n) is 5.58. The molecule has 1 N–H and O–H groups in total. The zero-order valence-corrected chi connectivity index (χ0v) is 12.2. The molecule has 0 heterocycles. The van der Waals surface area contributed by atoms with E-state index in [-0.39, 0.29) is 18.3 Å². The van der Waals surface area contributed by atoms with E-state index in [9.17, 15) is 9.90 Å². The van der Waals surface area contributed by atoms with E-state index >= 15 is 0 Å². The standard InChI is InChI=1S/C13H17BrO4/c1-8(6-12(15)18-3)13(16)10-5-4-9(17-2)7-11(10)14/h4-5,7-8,13,16H,6H2,1-3H3. The number of hydrogen-bond donors (Lipinski definition) is 1. The van der Waals surface area contributed by atoms with Gasteiger partial charge in [0.15, 0.2) is 0 Å². The molecular weight excluding hydrogens is 300 g/mol. The van der Waals surface area contributed by atoms with Gasteiger partial charge in [0.25, 0.3) is 0 Å². The van der Waals surface area contributed by atoms with Gasteiger partial charge in [-0.25, -0.2) is 0 Å². The molecule has 5 heteroatoms. The maximum Gasteiger partial charge on any atom is 0.305 e. The topological polar surface area (TPSA) is 55.8 Å². The van der Waals surface area contributed by atoms with Gasteiger partial charge >= 0.3 is 5.97 Å². The van der Waals surface area contributed by atoms with Crippen molar-refractivity contribution in [2.45, 2.75) is 19.4 Å². The Morgan fingerprint density at radius 3 is 2.61 bits per heavy atom. The van der Waals surface area contributed by atoms with Gasteiger partial charge in [-0.2, -0.15) is 0 Å². The number of benzene rings is 1. The molecule has 2 unspecified atom stereocenters. The average molecular weight is 317 g/mol. The maximum atomic E-state index is 11.2. The van der Waals surface area contributed by atoms with Crippen LogP contribution in [0.25, 0.3) is 0 Å². The molecule has 18 heavy (non-hydrogen) atoms. The van der Waals surface area contributed by atoms with E-state index in [0.717, 1.165) is 10.0 Å². The molecule has 1 rings (SSSR count). The Kier molecular flexibility index (Phi) is 5.62. The highest BCUT2D eigenvalue weighted by Gasteiger charge is 2.21. The van der Waals surface area contributed by atoms with Gasteiger partial charge in [0.2, 0.25) is 0 Å². The molecular formula is C13H17BrO4. The molecule has 0 spiro atoms. The third-order valence-electron chi connectivity index (χ3n) is 2.78. The van der Waals surface area contributed by atoms with E-state index in [0.29, 0.717) is 5.75 Å². The Bertz CT molecular complexity index is 419. The summed E-state index contributed by atoms with van der Waals surface area (Å²) >= 11 is 3.38. The lowest BCUT2D eigenvalue weighted by Gasteiger charge is -2.19. The summed E-state index contributed by atoms with van der Waals surface area (Å²) in [4.78, 5) is 11.2. The lowest BCUT2D eigenvalue weighted by Crippen LogP contribution is -2.15. The Hall–Kier alpha value is -1.07. The second kappa shape index (κ2) is 6.75. The predicted octanol–water partition coefficient (Wildman–Crippen LogP) is 2.69. The van der Waals surface area contributed by atoms with Crippen LogP contribution in [0.3, 0.4) is 0 Å². The van der Waals surface area contributed by atoms with Crippen molar-refractivity contribution in [3.63, 3.8) is 0 Å². The van der Waals surface area contributed by atoms with Crippen LogP contribution in [0, 0.1) is 5.92 Å². The minimum absolute atomic E-state index is 0.177. The van der Waals surface area contributed by atoms with Crippen LogP contribution in [-0.4, -0.2) is 25.3 Å². The van der Waals surface area contributed by atoms with Crippen LogP contribution in [-0.2, 0) is 9.53 Å². The first-order valence-corrected chi connectivity index (χ1v) is 6.37. The molecule has 0 aliphatic carbocycles. The van der Waals surface area contributed by atoms with E-state index < -0.39 is 6.10 Å². The fraction of sp³-hybridized carbons (Fsp3) is 0.462. The van der Waals surface area contributed by atoms with E-state index in [4.69, 9.17) is 4.74 Å². The maximum absolute atomic E-state index is 11.2. The zero-order chi connectivity index (χ0) is 13.7. The molecule has 0 radical (unpaired) electrons. The van der Waals surface area contributed by atoms with Crippen LogP contribution >= 0.6 is 15.9 Å². The molecule has 1 aromatic carbocycles. The molecule has 1 aromatic rings. The van der Waals surface area contributed by atoms with Gasteiger partial charge in [-0.15, -0.1) is 0 Å². The van der Waals surface area contributed by atoms with Crippen LogP contribution in [0.2, 0.25) is 0 Å². The number of esters is 1. The van der Waals surface area contributed by atoms with Crippen molar-refractivity contribution < 1.29 is 19.4 Å². The molecule has 0 fully saturated rings. The van der Waals surface area contributed by atoms with Crippen LogP contribution in [0.4, 0.5) is 0 Å². The summed E-state index contributed by atoms with van der Waals surface area (Å²) in [6, 6.07) is 5.33. The largest absolute Gasteiger partial charge is 0.497 e. The molecule has 0 amide bonds. The monoisotopic (exact) mass is 316 g/mol. The fourth-order valence-electron chi connectivity index (χ4n) is 1.64. The van der Waals surface area contributed by atoms with E-state index in [1.807, 2.05) is 0 Å². The van der Waals surface area contributed by atoms with Gasteiger partial charge in [-0.3, -0.25) is 4.79 Å². The Morgan fingerprint density at radius 2 is 2.11 bits per heavy atom. The molecule has 0 aromatic heterocycles. The smallest absolute Gasteiger partial charge is 0.305 e. The Morgan fingerprint density at radius 1 is 1.44 bits per heavy atom. The third-order valence-corrected chi connectivity index (χ3v) is 3.47. The van der Waals surface area contributed by atoms with E-state index in [1.54, 1.807) is 32.2 Å². The lowest BCUT2D eigenvalue weighted by atomic mass is 9.94. The van der Waals surface area contributed by atoms with E-state index in [1.165, 1.54) is 7.11 Å². The number of hydrogen-bond acceptors (Lipinski definition) is 4. The Balaban J connectivity index is 2.83. The van der Waals surface area contributed by atoms with Gasteiger partial charge in [0, 0.05) is 4.47 Å². The number of aliphatic hydroxyl groups excluding tert-OH is 1. The zero-order valence-electron chi connectivity index (χ0n) is 10.6. The van der Waals surface area contributed by atoms with Gasteiger partial charge in [0.05, 0.1) is 26.7 Å². The van der Waals surface area contributed by atoms with Gasteiger partial charge in [-0.05, 0) is 23.6 Å². The predicted molar refractivity (Wildman–Crippen MR) is 71.5 cm³/mol. The van der Waals surface area contributed by atoms with Crippen molar-refractivity contribution in [1.29, 1.82) is 0 Å². The molecule has 4 nitrogen and oxygen atoms in total. The Labute approximate surface area is 115 Å². The highest BCUT2D eigenvalue weighted by atomic mass is 79.9. The summed E-state index contributed by atoms with van der Waals surface area (Å²) in [5.74, 6) is 0.159. The molecule has 0 aliphatic rings. The molecule has 0 saturated carbocycles. The first kappa shape index (κ1) is 15.0. The number of carbonyl (C=O) groups is 1.